The topological polar surface area (TPSA) is 105 Å². The maximum absolute atomic E-state index is 10.9. The molecule has 1 aliphatic heterocycles. The summed E-state index contributed by atoms with van der Waals surface area (Å²) in [6.45, 7) is 1.26. The first kappa shape index (κ1) is 11.1. The van der Waals surface area contributed by atoms with Crippen molar-refractivity contribution in [3.8, 4) is 6.19 Å². The third-order valence-corrected chi connectivity index (χ3v) is 1.77. The highest BCUT2D eigenvalue weighted by molar-refractivity contribution is 5.82. The molecule has 8 nitrogen and oxygen atoms in total. The second-order valence-electron chi connectivity index (χ2n) is 2.74. The summed E-state index contributed by atoms with van der Waals surface area (Å²) in [7, 11) is 1.53. The molecule has 8 heteroatoms. The maximum atomic E-state index is 10.9. The first-order chi connectivity index (χ1) is 7.27. The van der Waals surface area contributed by atoms with Crippen molar-refractivity contribution in [2.24, 2.45) is 4.99 Å². The summed E-state index contributed by atoms with van der Waals surface area (Å²) in [5.74, 6) is 0.452. The van der Waals surface area contributed by atoms with Crippen molar-refractivity contribution in [3.63, 3.8) is 0 Å². The Morgan fingerprint density at radius 1 is 1.80 bits per heavy atom. The molecule has 0 aromatic rings. The quantitative estimate of drug-likeness (QED) is 0.316. The monoisotopic (exact) mass is 211 g/mol. The second kappa shape index (κ2) is 5.66. The third kappa shape index (κ3) is 3.32. The fourth-order valence-corrected chi connectivity index (χ4v) is 1.05. The normalized spacial score (nSPS) is 14.9. The third-order valence-electron chi connectivity index (χ3n) is 1.77. The Hall–Kier alpha value is -2.01. The average Bonchev–Trinajstić information content (AvgIpc) is 2.28. The SMILES string of the molecule is CNC(=O)NCN1CNCN=C1NC#N. The molecule has 0 unspecified atom stereocenters. The fourth-order valence-electron chi connectivity index (χ4n) is 1.05. The van der Waals surface area contributed by atoms with Crippen LogP contribution in [0.15, 0.2) is 4.99 Å². The van der Waals surface area contributed by atoms with E-state index in [2.05, 4.69) is 26.3 Å². The van der Waals surface area contributed by atoms with Crippen LogP contribution in [0.1, 0.15) is 0 Å². The Morgan fingerprint density at radius 3 is 3.27 bits per heavy atom. The summed E-state index contributed by atoms with van der Waals surface area (Å²) in [6, 6.07) is -0.281. The maximum Gasteiger partial charge on any atom is 0.315 e. The van der Waals surface area contributed by atoms with Gasteiger partial charge < -0.3 is 15.5 Å². The zero-order valence-corrected chi connectivity index (χ0v) is 8.37. The molecule has 0 bridgehead atoms. The lowest BCUT2D eigenvalue weighted by Gasteiger charge is -2.28. The van der Waals surface area contributed by atoms with Crippen LogP contribution in [0.3, 0.4) is 0 Å². The zero-order chi connectivity index (χ0) is 11.1. The summed E-state index contributed by atoms with van der Waals surface area (Å²) < 4.78 is 0. The molecule has 0 aromatic heterocycles. The second-order valence-corrected chi connectivity index (χ2v) is 2.74. The van der Waals surface area contributed by atoms with Gasteiger partial charge in [0.05, 0.1) is 20.0 Å². The number of urea groups is 1. The highest BCUT2D eigenvalue weighted by atomic mass is 16.2. The van der Waals surface area contributed by atoms with Gasteiger partial charge in [0, 0.05) is 7.05 Å². The molecule has 82 valence electrons. The minimum Gasteiger partial charge on any atom is -0.341 e. The molecule has 0 aliphatic carbocycles. The van der Waals surface area contributed by atoms with Crippen LogP contribution in [-0.2, 0) is 0 Å². The van der Waals surface area contributed by atoms with E-state index in [0.717, 1.165) is 0 Å². The van der Waals surface area contributed by atoms with Gasteiger partial charge in [0.1, 0.15) is 0 Å². The van der Waals surface area contributed by atoms with Crippen molar-refractivity contribution in [1.82, 2.24) is 26.2 Å². The smallest absolute Gasteiger partial charge is 0.315 e. The molecular weight excluding hydrogens is 198 g/mol. The number of carbonyl (C=O) groups is 1. The molecule has 0 spiro atoms. The van der Waals surface area contributed by atoms with Crippen LogP contribution in [0.2, 0.25) is 0 Å². The Bertz CT molecular complexity index is 294. The molecule has 0 fully saturated rings. The lowest BCUT2D eigenvalue weighted by atomic mass is 10.6. The standard InChI is InChI=1S/C7H13N7O/c1-9-7(15)13-5-14-4-10-3-12-6(14)11-2-8/h10H,3-5H2,1H3,(H,11,12)(H2,9,13,15). The molecule has 0 radical (unpaired) electrons. The number of aliphatic imine (C=N–C) groups is 1. The average molecular weight is 211 g/mol. The molecule has 4 N–H and O–H groups in total. The van der Waals surface area contributed by atoms with E-state index < -0.39 is 0 Å². The first-order valence-electron chi connectivity index (χ1n) is 4.38. The van der Waals surface area contributed by atoms with Crippen LogP contribution in [0.5, 0.6) is 0 Å². The van der Waals surface area contributed by atoms with Gasteiger partial charge in [-0.05, 0) is 0 Å². The number of hydrogen-bond donors (Lipinski definition) is 4. The minimum atomic E-state index is -0.281. The van der Waals surface area contributed by atoms with Gasteiger partial charge in [0.15, 0.2) is 6.19 Å². The van der Waals surface area contributed by atoms with Crippen molar-refractivity contribution in [2.75, 3.05) is 27.1 Å². The number of nitriles is 1. The molecule has 1 aliphatic rings. The highest BCUT2D eigenvalue weighted by Crippen LogP contribution is 1.91. The van der Waals surface area contributed by atoms with Crippen molar-refractivity contribution in [1.29, 1.82) is 5.26 Å². The molecule has 0 aromatic carbocycles. The lowest BCUT2D eigenvalue weighted by molar-refractivity contribution is 0.235. The predicted octanol–water partition coefficient (Wildman–Crippen LogP) is -1.88. The van der Waals surface area contributed by atoms with Crippen molar-refractivity contribution >= 4 is 12.0 Å². The van der Waals surface area contributed by atoms with Crippen LogP contribution in [-0.4, -0.2) is 43.9 Å². The van der Waals surface area contributed by atoms with E-state index in [9.17, 15) is 4.79 Å². The Kier molecular flexibility index (Phi) is 4.18. The molecule has 0 saturated carbocycles. The van der Waals surface area contributed by atoms with Crippen LogP contribution in [0, 0.1) is 11.5 Å². The number of hydrogen-bond acceptors (Lipinski definition) is 6. The number of guanidine groups is 1. The summed E-state index contributed by atoms with van der Waals surface area (Å²) in [4.78, 5) is 16.7. The van der Waals surface area contributed by atoms with Gasteiger partial charge in [-0.3, -0.25) is 10.6 Å². The Balaban J connectivity index is 2.45. The van der Waals surface area contributed by atoms with Crippen LogP contribution in [0.25, 0.3) is 0 Å². The van der Waals surface area contributed by atoms with Gasteiger partial charge >= 0.3 is 6.03 Å². The zero-order valence-electron chi connectivity index (χ0n) is 8.37. The molecule has 2 amide bonds. The van der Waals surface area contributed by atoms with Crippen LogP contribution < -0.4 is 21.3 Å². The van der Waals surface area contributed by atoms with Gasteiger partial charge in [0.25, 0.3) is 0 Å². The number of rotatable bonds is 2. The Morgan fingerprint density at radius 2 is 2.60 bits per heavy atom. The summed E-state index contributed by atoms with van der Waals surface area (Å²) >= 11 is 0. The van der Waals surface area contributed by atoms with Gasteiger partial charge in [-0.1, -0.05) is 0 Å². The highest BCUT2D eigenvalue weighted by Gasteiger charge is 2.14. The minimum absolute atomic E-state index is 0.278. The van der Waals surface area contributed by atoms with Gasteiger partial charge in [-0.15, -0.1) is 0 Å². The fraction of sp³-hybridized carbons (Fsp3) is 0.571. The van der Waals surface area contributed by atoms with Crippen LogP contribution >= 0.6 is 0 Å². The number of carbonyl (C=O) groups excluding carboxylic acids is 1. The van der Waals surface area contributed by atoms with E-state index in [1.165, 1.54) is 7.05 Å². The number of nitrogens with one attached hydrogen (secondary N) is 4. The first-order valence-corrected chi connectivity index (χ1v) is 4.38. The van der Waals surface area contributed by atoms with Gasteiger partial charge in [0.2, 0.25) is 5.96 Å². The van der Waals surface area contributed by atoms with E-state index in [1.807, 2.05) is 0 Å². The van der Waals surface area contributed by atoms with E-state index in [1.54, 1.807) is 11.1 Å². The van der Waals surface area contributed by atoms with E-state index in [-0.39, 0.29) is 12.7 Å². The molecular formula is C7H13N7O. The largest absolute Gasteiger partial charge is 0.341 e. The number of amides is 2. The summed E-state index contributed by atoms with van der Waals surface area (Å²) in [5, 5.41) is 18.9. The van der Waals surface area contributed by atoms with Gasteiger partial charge in [-0.25, -0.2) is 9.79 Å². The van der Waals surface area contributed by atoms with Crippen molar-refractivity contribution in [2.45, 2.75) is 0 Å². The van der Waals surface area contributed by atoms with E-state index in [0.29, 0.717) is 19.3 Å². The summed E-state index contributed by atoms with van der Waals surface area (Å²) in [6.07, 6.45) is 1.79. The van der Waals surface area contributed by atoms with E-state index in [4.69, 9.17) is 5.26 Å². The summed E-state index contributed by atoms with van der Waals surface area (Å²) in [5.41, 5.74) is 0. The van der Waals surface area contributed by atoms with Crippen LogP contribution in [0.4, 0.5) is 4.79 Å². The number of nitrogens with zero attached hydrogens (tertiary/aromatic N) is 3. The molecule has 15 heavy (non-hydrogen) atoms. The van der Waals surface area contributed by atoms with Crippen molar-refractivity contribution < 1.29 is 4.79 Å². The van der Waals surface area contributed by atoms with Gasteiger partial charge in [-0.2, -0.15) is 5.26 Å². The lowest BCUT2D eigenvalue weighted by Crippen LogP contribution is -2.53. The Labute approximate surface area is 87.3 Å². The van der Waals surface area contributed by atoms with E-state index >= 15 is 0 Å². The molecule has 0 atom stereocenters. The molecule has 1 heterocycles. The predicted molar refractivity (Wildman–Crippen MR) is 53.4 cm³/mol. The molecule has 0 saturated heterocycles. The van der Waals surface area contributed by atoms with Crippen molar-refractivity contribution in [3.05, 3.63) is 0 Å². The molecule has 1 rings (SSSR count).